The van der Waals surface area contributed by atoms with Crippen molar-refractivity contribution in [3.05, 3.63) is 35.9 Å². The number of rotatable bonds is 5. The summed E-state index contributed by atoms with van der Waals surface area (Å²) in [5.41, 5.74) is 1.26. The molecule has 1 unspecified atom stereocenters. The highest BCUT2D eigenvalue weighted by molar-refractivity contribution is 5.27. The Balaban J connectivity index is 2.22. The Morgan fingerprint density at radius 3 is 2.44 bits per heavy atom. The molecule has 1 fully saturated rings. The summed E-state index contributed by atoms with van der Waals surface area (Å²) in [7, 11) is 1.70. The fourth-order valence-electron chi connectivity index (χ4n) is 3.27. The fourth-order valence-corrected chi connectivity index (χ4v) is 3.27. The van der Waals surface area contributed by atoms with Gasteiger partial charge in [-0.25, -0.2) is 0 Å². The minimum atomic E-state index is -0.292. The van der Waals surface area contributed by atoms with Crippen molar-refractivity contribution in [3.63, 3.8) is 0 Å². The number of aliphatic hydroxyl groups is 1. The highest BCUT2D eigenvalue weighted by atomic mass is 16.5. The molecule has 100 valence electrons. The van der Waals surface area contributed by atoms with Crippen LogP contribution >= 0.6 is 0 Å². The molecule has 2 rings (SSSR count). The molecule has 0 amide bonds. The van der Waals surface area contributed by atoms with Crippen LogP contribution in [0.5, 0.6) is 0 Å². The lowest BCUT2D eigenvalue weighted by molar-refractivity contribution is 0.0268. The molecule has 0 aromatic heterocycles. The molecular weight excluding hydrogens is 224 g/mol. The molecule has 1 aromatic carbocycles. The third-order valence-electron chi connectivity index (χ3n) is 4.33. The molecule has 1 atom stereocenters. The van der Waals surface area contributed by atoms with E-state index in [2.05, 4.69) is 24.3 Å². The minimum Gasteiger partial charge on any atom is -0.392 e. The molecule has 1 aromatic rings. The van der Waals surface area contributed by atoms with Crippen LogP contribution in [0.4, 0.5) is 0 Å². The van der Waals surface area contributed by atoms with Crippen LogP contribution in [0.3, 0.4) is 0 Å². The van der Waals surface area contributed by atoms with Gasteiger partial charge < -0.3 is 9.84 Å². The first-order valence-corrected chi connectivity index (χ1v) is 7.02. The zero-order valence-electron chi connectivity index (χ0n) is 11.3. The molecule has 1 aliphatic rings. The molecule has 0 radical (unpaired) electrons. The Hall–Kier alpha value is -0.860. The number of aliphatic hydroxyl groups excluding tert-OH is 1. The standard InChI is InChI=1S/C16H24O2/c1-18-13-10-15(17)16(11-6-3-7-12-16)14-8-4-2-5-9-14/h2,4-5,8-9,15,17H,3,6-7,10-13H2,1H3. The van der Waals surface area contributed by atoms with Gasteiger partial charge in [-0.3, -0.25) is 0 Å². The highest BCUT2D eigenvalue weighted by Gasteiger charge is 2.39. The van der Waals surface area contributed by atoms with Crippen molar-refractivity contribution in [2.75, 3.05) is 13.7 Å². The van der Waals surface area contributed by atoms with Crippen molar-refractivity contribution < 1.29 is 9.84 Å². The molecule has 0 aliphatic heterocycles. The van der Waals surface area contributed by atoms with Gasteiger partial charge in [-0.15, -0.1) is 0 Å². The fraction of sp³-hybridized carbons (Fsp3) is 0.625. The normalized spacial score (nSPS) is 20.6. The van der Waals surface area contributed by atoms with Gasteiger partial charge in [0.15, 0.2) is 0 Å². The average molecular weight is 248 g/mol. The van der Waals surface area contributed by atoms with Gasteiger partial charge in [-0.2, -0.15) is 0 Å². The van der Waals surface area contributed by atoms with Crippen molar-refractivity contribution in [1.29, 1.82) is 0 Å². The summed E-state index contributed by atoms with van der Waals surface area (Å²) in [6, 6.07) is 10.5. The molecule has 1 saturated carbocycles. The van der Waals surface area contributed by atoms with Crippen molar-refractivity contribution >= 4 is 0 Å². The zero-order valence-corrected chi connectivity index (χ0v) is 11.3. The Kier molecular flexibility index (Phi) is 4.79. The minimum absolute atomic E-state index is 0.0436. The topological polar surface area (TPSA) is 29.5 Å². The molecule has 1 aliphatic carbocycles. The predicted molar refractivity (Wildman–Crippen MR) is 73.7 cm³/mol. The smallest absolute Gasteiger partial charge is 0.0658 e. The number of methoxy groups -OCH3 is 1. The van der Waals surface area contributed by atoms with Gasteiger partial charge in [0, 0.05) is 19.1 Å². The lowest BCUT2D eigenvalue weighted by Gasteiger charge is -2.42. The summed E-state index contributed by atoms with van der Waals surface area (Å²) >= 11 is 0. The van der Waals surface area contributed by atoms with Crippen molar-refractivity contribution in [2.45, 2.75) is 50.0 Å². The number of benzene rings is 1. The third kappa shape index (κ3) is 2.76. The third-order valence-corrected chi connectivity index (χ3v) is 4.33. The number of hydrogen-bond donors (Lipinski definition) is 1. The zero-order chi connectivity index (χ0) is 12.8. The molecular formula is C16H24O2. The van der Waals surface area contributed by atoms with Crippen LogP contribution in [0.25, 0.3) is 0 Å². The van der Waals surface area contributed by atoms with Gasteiger partial charge in [0.2, 0.25) is 0 Å². The maximum atomic E-state index is 10.6. The largest absolute Gasteiger partial charge is 0.392 e. The first-order chi connectivity index (χ1) is 8.79. The maximum Gasteiger partial charge on any atom is 0.0658 e. The van der Waals surface area contributed by atoms with Crippen molar-refractivity contribution in [1.82, 2.24) is 0 Å². The lowest BCUT2D eigenvalue weighted by Crippen LogP contribution is -2.42. The van der Waals surface area contributed by atoms with Gasteiger partial charge in [-0.1, -0.05) is 49.6 Å². The van der Waals surface area contributed by atoms with Crippen LogP contribution in [-0.2, 0) is 10.2 Å². The first kappa shape index (κ1) is 13.6. The summed E-state index contributed by atoms with van der Waals surface area (Å²) in [4.78, 5) is 0. The summed E-state index contributed by atoms with van der Waals surface area (Å²) in [5, 5.41) is 10.6. The molecule has 0 bridgehead atoms. The molecule has 2 heteroatoms. The molecule has 1 N–H and O–H groups in total. The molecule has 0 heterocycles. The van der Waals surface area contributed by atoms with Gasteiger partial charge in [0.1, 0.15) is 0 Å². The van der Waals surface area contributed by atoms with Gasteiger partial charge >= 0.3 is 0 Å². The Morgan fingerprint density at radius 1 is 1.17 bits per heavy atom. The van der Waals surface area contributed by atoms with E-state index in [1.165, 1.54) is 24.8 Å². The predicted octanol–water partition coefficient (Wildman–Crippen LogP) is 3.29. The van der Waals surface area contributed by atoms with E-state index in [-0.39, 0.29) is 11.5 Å². The van der Waals surface area contributed by atoms with Crippen LogP contribution in [0.15, 0.2) is 30.3 Å². The first-order valence-electron chi connectivity index (χ1n) is 7.02. The van der Waals surface area contributed by atoms with E-state index in [1.807, 2.05) is 6.07 Å². The maximum absolute atomic E-state index is 10.6. The van der Waals surface area contributed by atoms with E-state index in [0.29, 0.717) is 6.61 Å². The Morgan fingerprint density at radius 2 is 1.83 bits per heavy atom. The SMILES string of the molecule is COCCC(O)C1(c2ccccc2)CCCCC1. The lowest BCUT2D eigenvalue weighted by atomic mass is 9.65. The van der Waals surface area contributed by atoms with E-state index in [9.17, 15) is 5.11 Å². The molecule has 2 nitrogen and oxygen atoms in total. The quantitative estimate of drug-likeness (QED) is 0.866. The van der Waals surface area contributed by atoms with Crippen LogP contribution < -0.4 is 0 Å². The van der Waals surface area contributed by atoms with E-state index < -0.39 is 0 Å². The van der Waals surface area contributed by atoms with Gasteiger partial charge in [0.05, 0.1) is 6.10 Å². The van der Waals surface area contributed by atoms with Crippen LogP contribution in [0.1, 0.15) is 44.1 Å². The Labute approximate surface area is 110 Å². The second-order valence-corrected chi connectivity index (χ2v) is 5.38. The van der Waals surface area contributed by atoms with Crippen LogP contribution in [0, 0.1) is 0 Å². The number of hydrogen-bond acceptors (Lipinski definition) is 2. The van der Waals surface area contributed by atoms with Gasteiger partial charge in [-0.05, 0) is 24.8 Å². The second-order valence-electron chi connectivity index (χ2n) is 5.38. The monoisotopic (exact) mass is 248 g/mol. The Bertz CT molecular complexity index is 341. The van der Waals surface area contributed by atoms with E-state index in [4.69, 9.17) is 4.74 Å². The van der Waals surface area contributed by atoms with Crippen molar-refractivity contribution in [2.24, 2.45) is 0 Å². The van der Waals surface area contributed by atoms with Gasteiger partial charge in [0.25, 0.3) is 0 Å². The summed E-state index contributed by atoms with van der Waals surface area (Å²) in [6.07, 6.45) is 6.37. The van der Waals surface area contributed by atoms with E-state index >= 15 is 0 Å². The number of ether oxygens (including phenoxy) is 1. The van der Waals surface area contributed by atoms with Crippen LogP contribution in [0.2, 0.25) is 0 Å². The average Bonchev–Trinajstić information content (AvgIpc) is 2.46. The highest BCUT2D eigenvalue weighted by Crippen LogP contribution is 2.43. The molecule has 18 heavy (non-hydrogen) atoms. The second kappa shape index (κ2) is 6.35. The molecule has 0 spiro atoms. The molecule has 0 saturated heterocycles. The van der Waals surface area contributed by atoms with Crippen LogP contribution in [-0.4, -0.2) is 24.9 Å². The summed E-state index contributed by atoms with van der Waals surface area (Å²) < 4.78 is 5.12. The summed E-state index contributed by atoms with van der Waals surface area (Å²) in [6.45, 7) is 0.635. The summed E-state index contributed by atoms with van der Waals surface area (Å²) in [5.74, 6) is 0. The van der Waals surface area contributed by atoms with E-state index in [0.717, 1.165) is 19.3 Å². The van der Waals surface area contributed by atoms with Crippen molar-refractivity contribution in [3.8, 4) is 0 Å². The van der Waals surface area contributed by atoms with E-state index in [1.54, 1.807) is 7.11 Å².